The zero-order valence-corrected chi connectivity index (χ0v) is 20.2. The normalized spacial score (nSPS) is 11.3. The summed E-state index contributed by atoms with van der Waals surface area (Å²) in [4.78, 5) is 12.5. The zero-order chi connectivity index (χ0) is 23.3. The van der Waals surface area contributed by atoms with Crippen LogP contribution in [0.5, 0.6) is 0 Å². The topological polar surface area (TPSA) is 93.9 Å². The number of hydrogen-bond donors (Lipinski definition) is 1. The average Bonchev–Trinajstić information content (AvgIpc) is 3.10. The molecule has 0 atom stereocenters. The van der Waals surface area contributed by atoms with Crippen LogP contribution in [0.3, 0.4) is 0 Å². The average molecular weight is 511 g/mol. The summed E-state index contributed by atoms with van der Waals surface area (Å²) >= 11 is 13.0. The smallest absolute Gasteiger partial charge is 0.234 e. The molecule has 11 heteroatoms. The summed E-state index contributed by atoms with van der Waals surface area (Å²) in [6, 6.07) is 11.4. The van der Waals surface area contributed by atoms with E-state index >= 15 is 0 Å². The number of nitrogens with one attached hydrogen (secondary N) is 1. The molecule has 1 aromatic heterocycles. The predicted octanol–water partition coefficient (Wildman–Crippen LogP) is 4.78. The third-order valence-electron chi connectivity index (χ3n) is 4.34. The minimum Gasteiger partial charge on any atom is -0.325 e. The first-order valence-electron chi connectivity index (χ1n) is 9.39. The fourth-order valence-electron chi connectivity index (χ4n) is 2.74. The number of rotatable bonds is 9. The monoisotopic (exact) mass is 510 g/mol. The van der Waals surface area contributed by atoms with Gasteiger partial charge in [-0.05, 0) is 37.3 Å². The lowest BCUT2D eigenvalue weighted by Crippen LogP contribution is -2.15. The van der Waals surface area contributed by atoms with Gasteiger partial charge in [0.15, 0.2) is 15.0 Å². The molecule has 0 fully saturated rings. The van der Waals surface area contributed by atoms with Crippen LogP contribution in [-0.4, -0.2) is 34.8 Å². The quantitative estimate of drug-likeness (QED) is 0.328. The van der Waals surface area contributed by atoms with Crippen LogP contribution in [0.25, 0.3) is 0 Å². The van der Waals surface area contributed by atoms with Gasteiger partial charge in [-0.15, -0.1) is 16.8 Å². The number of thioether (sulfide) groups is 1. The molecule has 0 aliphatic carbocycles. The maximum absolute atomic E-state index is 12.8. The molecule has 168 valence electrons. The second-order valence-corrected chi connectivity index (χ2v) is 10.6. The highest BCUT2D eigenvalue weighted by atomic mass is 35.5. The van der Waals surface area contributed by atoms with Crippen molar-refractivity contribution in [3.8, 4) is 0 Å². The molecule has 2 aromatic carbocycles. The Balaban J connectivity index is 1.71. The van der Waals surface area contributed by atoms with Crippen LogP contribution in [0, 0.1) is 6.92 Å². The van der Waals surface area contributed by atoms with E-state index in [-0.39, 0.29) is 28.1 Å². The fraction of sp³-hybridized carbons (Fsp3) is 0.190. The number of aryl methyl sites for hydroxylation is 1. The van der Waals surface area contributed by atoms with Gasteiger partial charge in [0.25, 0.3) is 0 Å². The van der Waals surface area contributed by atoms with Gasteiger partial charge in [0, 0.05) is 12.2 Å². The van der Waals surface area contributed by atoms with Crippen molar-refractivity contribution >= 4 is 56.4 Å². The second kappa shape index (κ2) is 10.5. The van der Waals surface area contributed by atoms with Crippen molar-refractivity contribution in [3.05, 3.63) is 76.6 Å². The standard InChI is InChI=1S/C21H20Cl2N4O3S2/c1-3-10-27-19(13-32(29,30)16-7-4-14(2)5-8-16)25-26-21(27)31-12-20(28)24-15-6-9-17(22)18(23)11-15/h3-9,11H,1,10,12-13H2,2H3,(H,24,28). The Labute approximate surface area is 200 Å². The van der Waals surface area contributed by atoms with E-state index in [1.165, 1.54) is 0 Å². The highest BCUT2D eigenvalue weighted by Crippen LogP contribution is 2.26. The van der Waals surface area contributed by atoms with E-state index < -0.39 is 9.84 Å². The maximum Gasteiger partial charge on any atom is 0.234 e. The molecule has 7 nitrogen and oxygen atoms in total. The van der Waals surface area contributed by atoms with Crippen LogP contribution < -0.4 is 5.32 Å². The molecule has 0 aliphatic heterocycles. The zero-order valence-electron chi connectivity index (χ0n) is 17.1. The molecule has 32 heavy (non-hydrogen) atoms. The Kier molecular flexibility index (Phi) is 8.00. The third-order valence-corrected chi connectivity index (χ3v) is 7.67. The number of carbonyl (C=O) groups is 1. The van der Waals surface area contributed by atoms with Gasteiger partial charge in [-0.25, -0.2) is 8.42 Å². The molecule has 3 rings (SSSR count). The van der Waals surface area contributed by atoms with Crippen LogP contribution in [-0.2, 0) is 26.9 Å². The molecule has 1 amide bonds. The molecule has 1 N–H and O–H groups in total. The number of benzene rings is 2. The number of nitrogens with zero attached hydrogens (tertiary/aromatic N) is 3. The Morgan fingerprint density at radius 2 is 1.88 bits per heavy atom. The van der Waals surface area contributed by atoms with Crippen molar-refractivity contribution in [1.82, 2.24) is 14.8 Å². The highest BCUT2D eigenvalue weighted by molar-refractivity contribution is 7.99. The van der Waals surface area contributed by atoms with Crippen molar-refractivity contribution in [3.63, 3.8) is 0 Å². The molecule has 3 aromatic rings. The first-order valence-corrected chi connectivity index (χ1v) is 12.8. The molecule has 0 saturated carbocycles. The number of amides is 1. The van der Waals surface area contributed by atoms with Crippen molar-refractivity contribution in [1.29, 1.82) is 0 Å². The number of anilines is 1. The Hall–Kier alpha value is -2.33. The van der Waals surface area contributed by atoms with Crippen LogP contribution in [0.4, 0.5) is 5.69 Å². The van der Waals surface area contributed by atoms with Crippen molar-refractivity contribution < 1.29 is 13.2 Å². The highest BCUT2D eigenvalue weighted by Gasteiger charge is 2.21. The minimum absolute atomic E-state index is 0.0419. The summed E-state index contributed by atoms with van der Waals surface area (Å²) in [7, 11) is -3.61. The second-order valence-electron chi connectivity index (χ2n) is 6.84. The molecule has 0 spiro atoms. The van der Waals surface area contributed by atoms with Gasteiger partial charge < -0.3 is 9.88 Å². The maximum atomic E-state index is 12.8. The van der Waals surface area contributed by atoms with Crippen molar-refractivity contribution in [2.45, 2.75) is 29.3 Å². The van der Waals surface area contributed by atoms with Crippen molar-refractivity contribution in [2.24, 2.45) is 0 Å². The molecule has 0 aliphatic rings. The van der Waals surface area contributed by atoms with E-state index in [1.54, 1.807) is 53.1 Å². The Morgan fingerprint density at radius 1 is 1.16 bits per heavy atom. The van der Waals surface area contributed by atoms with E-state index in [2.05, 4.69) is 22.1 Å². The summed E-state index contributed by atoms with van der Waals surface area (Å²) in [5.74, 6) is -0.277. The van der Waals surface area contributed by atoms with E-state index in [0.29, 0.717) is 27.4 Å². The van der Waals surface area contributed by atoms with Crippen LogP contribution in [0.2, 0.25) is 10.0 Å². The molecule has 0 saturated heterocycles. The first-order chi connectivity index (χ1) is 15.2. The lowest BCUT2D eigenvalue weighted by molar-refractivity contribution is -0.113. The molecule has 0 radical (unpaired) electrons. The SMILES string of the molecule is C=CCn1c(CS(=O)(=O)c2ccc(C)cc2)nnc1SCC(=O)Nc1ccc(Cl)c(Cl)c1. The first kappa shape index (κ1) is 24.3. The molecular weight excluding hydrogens is 491 g/mol. The third kappa shape index (κ3) is 6.13. The summed E-state index contributed by atoms with van der Waals surface area (Å²) in [5.41, 5.74) is 1.49. The van der Waals surface area contributed by atoms with E-state index in [0.717, 1.165) is 17.3 Å². The minimum atomic E-state index is -3.61. The van der Waals surface area contributed by atoms with Crippen LogP contribution in [0.15, 0.2) is 65.2 Å². The lowest BCUT2D eigenvalue weighted by atomic mass is 10.2. The Morgan fingerprint density at radius 3 is 2.53 bits per heavy atom. The number of sulfone groups is 1. The number of hydrogen-bond acceptors (Lipinski definition) is 6. The number of aromatic nitrogens is 3. The lowest BCUT2D eigenvalue weighted by Gasteiger charge is -2.09. The molecule has 0 unspecified atom stereocenters. The molecule has 0 bridgehead atoms. The van der Waals surface area contributed by atoms with E-state index in [1.807, 2.05) is 6.92 Å². The number of halogens is 2. The van der Waals surface area contributed by atoms with Gasteiger partial charge in [0.2, 0.25) is 5.91 Å². The van der Waals surface area contributed by atoms with E-state index in [4.69, 9.17) is 23.2 Å². The van der Waals surface area contributed by atoms with Crippen LogP contribution in [0.1, 0.15) is 11.4 Å². The van der Waals surface area contributed by atoms with Gasteiger partial charge in [-0.1, -0.05) is 58.7 Å². The summed E-state index contributed by atoms with van der Waals surface area (Å²) in [6.07, 6.45) is 1.62. The van der Waals surface area contributed by atoms with E-state index in [9.17, 15) is 13.2 Å². The van der Waals surface area contributed by atoms with Gasteiger partial charge in [-0.2, -0.15) is 0 Å². The molecule has 1 heterocycles. The van der Waals surface area contributed by atoms with Crippen LogP contribution >= 0.6 is 35.0 Å². The van der Waals surface area contributed by atoms with Gasteiger partial charge in [-0.3, -0.25) is 4.79 Å². The van der Waals surface area contributed by atoms with Gasteiger partial charge in [0.05, 0.1) is 20.7 Å². The summed E-state index contributed by atoms with van der Waals surface area (Å²) < 4.78 is 27.2. The Bertz CT molecular complexity index is 1240. The number of allylic oxidation sites excluding steroid dienone is 1. The van der Waals surface area contributed by atoms with Gasteiger partial charge >= 0.3 is 0 Å². The van der Waals surface area contributed by atoms with Crippen molar-refractivity contribution in [2.75, 3.05) is 11.1 Å². The largest absolute Gasteiger partial charge is 0.325 e. The summed E-state index contributed by atoms with van der Waals surface area (Å²) in [5, 5.41) is 12.0. The van der Waals surface area contributed by atoms with Gasteiger partial charge in [0.1, 0.15) is 11.6 Å². The predicted molar refractivity (Wildman–Crippen MR) is 128 cm³/mol. The molecular formula is C21H20Cl2N4O3S2. The fourth-order valence-corrected chi connectivity index (χ4v) is 5.08. The summed E-state index contributed by atoms with van der Waals surface area (Å²) in [6.45, 7) is 5.91. The number of carbonyl (C=O) groups excluding carboxylic acids is 1.